The summed E-state index contributed by atoms with van der Waals surface area (Å²) in [5.74, 6) is 0. The van der Waals surface area contributed by atoms with Crippen molar-refractivity contribution in [3.05, 3.63) is 103 Å². The first-order chi connectivity index (χ1) is 13.4. The van der Waals surface area contributed by atoms with Crippen LogP contribution in [0.15, 0.2) is 103 Å². The van der Waals surface area contributed by atoms with Crippen LogP contribution in [0.5, 0.6) is 0 Å². The number of nitrogens with zero attached hydrogens (tertiary/aromatic N) is 1. The van der Waals surface area contributed by atoms with Crippen molar-refractivity contribution in [1.82, 2.24) is 9.97 Å². The summed E-state index contributed by atoms with van der Waals surface area (Å²) < 4.78 is 0. The number of nitrogens with one attached hydrogen (secondary N) is 1. The molecule has 27 heavy (non-hydrogen) atoms. The van der Waals surface area contributed by atoms with Gasteiger partial charge in [-0.05, 0) is 23.6 Å². The topological polar surface area (TPSA) is 28.7 Å². The number of benzene rings is 4. The highest BCUT2D eigenvalue weighted by molar-refractivity contribution is 6.07. The van der Waals surface area contributed by atoms with Gasteiger partial charge in [0.2, 0.25) is 0 Å². The van der Waals surface area contributed by atoms with Gasteiger partial charge < -0.3 is 4.98 Å². The van der Waals surface area contributed by atoms with Crippen molar-refractivity contribution in [2.75, 3.05) is 0 Å². The zero-order valence-electron chi connectivity index (χ0n) is 14.8. The second-order valence-electron chi connectivity index (χ2n) is 6.58. The number of para-hydroxylation sites is 3. The van der Waals surface area contributed by atoms with Gasteiger partial charge in [-0.1, -0.05) is 78.9 Å². The molecule has 0 bridgehead atoms. The van der Waals surface area contributed by atoms with Crippen molar-refractivity contribution < 1.29 is 0 Å². The van der Waals surface area contributed by atoms with Gasteiger partial charge in [-0.25, -0.2) is 0 Å². The van der Waals surface area contributed by atoms with Crippen LogP contribution in [0.2, 0.25) is 0 Å². The predicted octanol–water partition coefficient (Wildman–Crippen LogP) is 6.71. The average Bonchev–Trinajstić information content (AvgIpc) is 3.13. The number of aromatic amines is 1. The van der Waals surface area contributed by atoms with Crippen LogP contribution in [0, 0.1) is 0 Å². The maximum atomic E-state index is 4.41. The Morgan fingerprint density at radius 2 is 1.00 bits per heavy atom. The quantitative estimate of drug-likeness (QED) is 0.304. The predicted molar refractivity (Wildman–Crippen MR) is 115 cm³/mol. The van der Waals surface area contributed by atoms with Crippen LogP contribution < -0.4 is 0 Å². The largest absolute Gasteiger partial charge is 0.355 e. The lowest BCUT2D eigenvalue weighted by Gasteiger charge is -2.01. The van der Waals surface area contributed by atoms with E-state index in [1.54, 1.807) is 0 Å². The average molecular weight is 346 g/mol. The highest BCUT2D eigenvalue weighted by Crippen LogP contribution is 2.24. The number of rotatable bonds is 0. The van der Waals surface area contributed by atoms with Crippen molar-refractivity contribution in [1.29, 1.82) is 0 Å². The zero-order chi connectivity index (χ0) is 18.1. The normalized spacial score (nSPS) is 11.0. The molecular formula is C25H18N2. The lowest BCUT2D eigenvalue weighted by atomic mass is 10.1. The molecule has 0 aliphatic carbocycles. The van der Waals surface area contributed by atoms with Gasteiger partial charge >= 0.3 is 0 Å². The smallest absolute Gasteiger partial charge is 0.0708 e. The Kier molecular flexibility index (Phi) is 3.80. The van der Waals surface area contributed by atoms with Crippen molar-refractivity contribution >= 4 is 43.5 Å². The number of pyridine rings is 1. The molecule has 4 aromatic carbocycles. The number of fused-ring (bicyclic) bond motifs is 6. The summed E-state index contributed by atoms with van der Waals surface area (Å²) in [5.41, 5.74) is 3.48. The third kappa shape index (κ3) is 2.81. The molecule has 0 radical (unpaired) electrons. The van der Waals surface area contributed by atoms with Gasteiger partial charge in [0, 0.05) is 38.8 Å². The molecule has 1 N–H and O–H groups in total. The van der Waals surface area contributed by atoms with Crippen LogP contribution in [0.25, 0.3) is 43.5 Å². The van der Waals surface area contributed by atoms with E-state index in [4.69, 9.17) is 0 Å². The van der Waals surface area contributed by atoms with E-state index >= 15 is 0 Å². The second-order valence-corrected chi connectivity index (χ2v) is 6.58. The Morgan fingerprint density at radius 3 is 1.70 bits per heavy atom. The highest BCUT2D eigenvalue weighted by Gasteiger charge is 2.00. The van der Waals surface area contributed by atoms with Gasteiger partial charge in [0.25, 0.3) is 0 Å². The molecule has 2 nitrogen and oxygen atoms in total. The Hall–Kier alpha value is -3.65. The highest BCUT2D eigenvalue weighted by atomic mass is 14.7. The molecule has 0 amide bonds. The molecule has 0 saturated carbocycles. The molecule has 0 saturated heterocycles. The Balaban J connectivity index is 0.000000119. The molecule has 6 aromatic rings. The second kappa shape index (κ2) is 6.58. The number of hydrogen-bond acceptors (Lipinski definition) is 1. The van der Waals surface area contributed by atoms with Gasteiger partial charge in [0.05, 0.1) is 5.52 Å². The number of H-pyrrole nitrogens is 1. The lowest BCUT2D eigenvalue weighted by Crippen LogP contribution is -1.80. The maximum Gasteiger partial charge on any atom is 0.0708 e. The van der Waals surface area contributed by atoms with E-state index < -0.39 is 0 Å². The standard InChI is InChI=1S/C13H9N.C12H9N/c1-2-6-11-10(5-1)9-14-13-8-4-3-7-12(11)13;1-3-7-11-9(5-1)10-6-2-4-8-12(10)13-11/h1-9H;1-8,13H. The first-order valence-electron chi connectivity index (χ1n) is 9.08. The van der Waals surface area contributed by atoms with Crippen molar-refractivity contribution in [3.8, 4) is 0 Å². The van der Waals surface area contributed by atoms with E-state index in [1.807, 2.05) is 24.4 Å². The van der Waals surface area contributed by atoms with Crippen LogP contribution in [0.3, 0.4) is 0 Å². The first-order valence-corrected chi connectivity index (χ1v) is 9.08. The summed E-state index contributed by atoms with van der Waals surface area (Å²) in [6.07, 6.45) is 1.93. The van der Waals surface area contributed by atoms with E-state index in [0.29, 0.717) is 0 Å². The van der Waals surface area contributed by atoms with Crippen LogP contribution in [-0.4, -0.2) is 9.97 Å². The Morgan fingerprint density at radius 1 is 0.481 bits per heavy atom. The first kappa shape index (κ1) is 15.6. The van der Waals surface area contributed by atoms with E-state index in [2.05, 4.69) is 88.8 Å². The minimum atomic E-state index is 1.06. The molecule has 0 aliphatic rings. The van der Waals surface area contributed by atoms with Gasteiger partial charge in [0.1, 0.15) is 0 Å². The summed E-state index contributed by atoms with van der Waals surface area (Å²) in [4.78, 5) is 7.79. The molecule has 128 valence electrons. The summed E-state index contributed by atoms with van der Waals surface area (Å²) in [7, 11) is 0. The Bertz CT molecular complexity index is 1270. The van der Waals surface area contributed by atoms with Crippen molar-refractivity contribution in [2.45, 2.75) is 0 Å². The minimum Gasteiger partial charge on any atom is -0.355 e. The number of aromatic nitrogens is 2. The minimum absolute atomic E-state index is 1.06. The molecule has 0 aliphatic heterocycles. The molecule has 0 unspecified atom stereocenters. The van der Waals surface area contributed by atoms with Crippen molar-refractivity contribution in [3.63, 3.8) is 0 Å². The van der Waals surface area contributed by atoms with E-state index in [-0.39, 0.29) is 0 Å². The van der Waals surface area contributed by atoms with Gasteiger partial charge in [-0.15, -0.1) is 0 Å². The third-order valence-electron chi connectivity index (χ3n) is 4.91. The molecule has 0 fully saturated rings. The third-order valence-corrected chi connectivity index (χ3v) is 4.91. The number of hydrogen-bond donors (Lipinski definition) is 1. The fourth-order valence-electron chi connectivity index (χ4n) is 3.61. The fraction of sp³-hybridized carbons (Fsp3) is 0. The van der Waals surface area contributed by atoms with Gasteiger partial charge in [0.15, 0.2) is 0 Å². The fourth-order valence-corrected chi connectivity index (χ4v) is 3.61. The van der Waals surface area contributed by atoms with Crippen LogP contribution >= 0.6 is 0 Å². The van der Waals surface area contributed by atoms with Crippen LogP contribution in [0.1, 0.15) is 0 Å². The molecule has 2 heterocycles. The van der Waals surface area contributed by atoms with E-state index in [1.165, 1.54) is 38.0 Å². The molecule has 2 heteroatoms. The van der Waals surface area contributed by atoms with Gasteiger partial charge in [-0.2, -0.15) is 0 Å². The van der Waals surface area contributed by atoms with E-state index in [0.717, 1.165) is 5.52 Å². The van der Waals surface area contributed by atoms with E-state index in [9.17, 15) is 0 Å². The summed E-state index contributed by atoms with van der Waals surface area (Å²) in [5, 5.41) is 6.31. The SMILES string of the molecule is c1ccc2c(c1)[nH]c1ccccc12.c1ccc2c(c1)cnc1ccccc12. The van der Waals surface area contributed by atoms with Crippen LogP contribution in [0.4, 0.5) is 0 Å². The molecule has 6 rings (SSSR count). The Labute approximate surface area is 157 Å². The monoisotopic (exact) mass is 346 g/mol. The van der Waals surface area contributed by atoms with Crippen LogP contribution in [-0.2, 0) is 0 Å². The maximum absolute atomic E-state index is 4.41. The summed E-state index contributed by atoms with van der Waals surface area (Å²) in [6, 6.07) is 33.3. The zero-order valence-corrected chi connectivity index (χ0v) is 14.8. The summed E-state index contributed by atoms with van der Waals surface area (Å²) >= 11 is 0. The van der Waals surface area contributed by atoms with Crippen molar-refractivity contribution in [2.24, 2.45) is 0 Å². The molecule has 0 atom stereocenters. The molecular weight excluding hydrogens is 328 g/mol. The van der Waals surface area contributed by atoms with Gasteiger partial charge in [-0.3, -0.25) is 4.98 Å². The lowest BCUT2D eigenvalue weighted by molar-refractivity contribution is 1.44. The molecule has 2 aromatic heterocycles. The molecule has 0 spiro atoms. The summed E-state index contributed by atoms with van der Waals surface area (Å²) in [6.45, 7) is 0.